The number of rotatable bonds is 6. The van der Waals surface area contributed by atoms with Crippen LogP contribution in [-0.2, 0) is 11.2 Å². The Morgan fingerprint density at radius 2 is 1.62 bits per heavy atom. The molecule has 0 saturated carbocycles. The van der Waals surface area contributed by atoms with Crippen LogP contribution in [0.5, 0.6) is 17.2 Å². The quantitative estimate of drug-likeness (QED) is 0.880. The van der Waals surface area contributed by atoms with Gasteiger partial charge in [0, 0.05) is 6.07 Å². The number of carbonyl (C=O) groups is 1. The van der Waals surface area contributed by atoms with Gasteiger partial charge in [0.25, 0.3) is 0 Å². The number of methoxy groups -OCH3 is 3. The first-order chi connectivity index (χ1) is 11.5. The van der Waals surface area contributed by atoms with Gasteiger partial charge in [-0.1, -0.05) is 0 Å². The number of hydrogen-bond donors (Lipinski definition) is 1. The summed E-state index contributed by atoms with van der Waals surface area (Å²) in [6.45, 7) is 0. The summed E-state index contributed by atoms with van der Waals surface area (Å²) in [5.74, 6) is -0.785. The van der Waals surface area contributed by atoms with Gasteiger partial charge in [0.05, 0.1) is 33.4 Å². The van der Waals surface area contributed by atoms with Crippen molar-refractivity contribution in [3.05, 3.63) is 47.5 Å². The lowest BCUT2D eigenvalue weighted by Gasteiger charge is -2.14. The monoisotopic (exact) mass is 337 g/mol. The van der Waals surface area contributed by atoms with Gasteiger partial charge >= 0.3 is 0 Å². The molecule has 0 aliphatic heterocycles. The summed E-state index contributed by atoms with van der Waals surface area (Å²) < 4.78 is 42.1. The Morgan fingerprint density at radius 3 is 2.12 bits per heavy atom. The predicted octanol–water partition coefficient (Wildman–Crippen LogP) is 3.17. The molecule has 2 rings (SSSR count). The summed E-state index contributed by atoms with van der Waals surface area (Å²) in [5.41, 5.74) is 0.498. The third-order valence-electron chi connectivity index (χ3n) is 3.29. The van der Waals surface area contributed by atoms with Crippen LogP contribution in [-0.4, -0.2) is 27.2 Å². The molecule has 0 aromatic heterocycles. The number of halogens is 2. The SMILES string of the molecule is COc1cc(CC(=O)Nc2ccc(F)cc2F)cc(OC)c1OC. The average Bonchev–Trinajstić information content (AvgIpc) is 2.56. The van der Waals surface area contributed by atoms with Crippen LogP contribution in [0.25, 0.3) is 0 Å². The highest BCUT2D eigenvalue weighted by Crippen LogP contribution is 2.38. The summed E-state index contributed by atoms with van der Waals surface area (Å²) in [7, 11) is 4.41. The Labute approximate surface area is 138 Å². The molecule has 1 amide bonds. The molecule has 0 atom stereocenters. The van der Waals surface area contributed by atoms with Crippen molar-refractivity contribution < 1.29 is 27.8 Å². The summed E-state index contributed by atoms with van der Waals surface area (Å²) in [5, 5.41) is 2.40. The van der Waals surface area contributed by atoms with Gasteiger partial charge in [-0.2, -0.15) is 0 Å². The van der Waals surface area contributed by atoms with E-state index in [9.17, 15) is 13.6 Å². The van der Waals surface area contributed by atoms with Crippen LogP contribution < -0.4 is 19.5 Å². The van der Waals surface area contributed by atoms with Crippen molar-refractivity contribution in [2.75, 3.05) is 26.6 Å². The van der Waals surface area contributed by atoms with E-state index >= 15 is 0 Å². The molecule has 24 heavy (non-hydrogen) atoms. The third kappa shape index (κ3) is 3.92. The molecule has 7 heteroatoms. The minimum absolute atomic E-state index is 0.0481. The van der Waals surface area contributed by atoms with E-state index in [-0.39, 0.29) is 12.1 Å². The van der Waals surface area contributed by atoms with Gasteiger partial charge in [0.2, 0.25) is 11.7 Å². The van der Waals surface area contributed by atoms with E-state index in [2.05, 4.69) is 5.32 Å². The number of hydrogen-bond acceptors (Lipinski definition) is 4. The Bertz CT molecular complexity index is 724. The van der Waals surface area contributed by atoms with E-state index in [1.807, 2.05) is 0 Å². The zero-order valence-corrected chi connectivity index (χ0v) is 13.5. The average molecular weight is 337 g/mol. The highest BCUT2D eigenvalue weighted by atomic mass is 19.1. The lowest BCUT2D eigenvalue weighted by atomic mass is 10.1. The van der Waals surface area contributed by atoms with Crippen LogP contribution in [0.2, 0.25) is 0 Å². The Kier molecular flexibility index (Phi) is 5.57. The van der Waals surface area contributed by atoms with E-state index in [1.165, 1.54) is 21.3 Å². The minimum Gasteiger partial charge on any atom is -0.493 e. The number of carbonyl (C=O) groups excluding carboxylic acids is 1. The molecule has 2 aromatic carbocycles. The number of nitrogens with one attached hydrogen (secondary N) is 1. The van der Waals surface area contributed by atoms with E-state index in [0.29, 0.717) is 28.9 Å². The van der Waals surface area contributed by atoms with E-state index in [0.717, 1.165) is 12.1 Å². The van der Waals surface area contributed by atoms with Gasteiger partial charge < -0.3 is 19.5 Å². The van der Waals surface area contributed by atoms with Crippen molar-refractivity contribution in [2.24, 2.45) is 0 Å². The first-order valence-corrected chi connectivity index (χ1v) is 7.02. The molecule has 1 N–H and O–H groups in total. The van der Waals surface area contributed by atoms with Crippen molar-refractivity contribution in [1.29, 1.82) is 0 Å². The molecule has 0 spiro atoms. The lowest BCUT2D eigenvalue weighted by Crippen LogP contribution is -2.15. The summed E-state index contributed by atoms with van der Waals surface area (Å²) in [4.78, 5) is 12.1. The Morgan fingerprint density at radius 1 is 1.00 bits per heavy atom. The van der Waals surface area contributed by atoms with E-state index in [1.54, 1.807) is 12.1 Å². The maximum atomic E-state index is 13.6. The van der Waals surface area contributed by atoms with Crippen molar-refractivity contribution in [2.45, 2.75) is 6.42 Å². The van der Waals surface area contributed by atoms with Gasteiger partial charge in [-0.3, -0.25) is 4.79 Å². The van der Waals surface area contributed by atoms with Crippen molar-refractivity contribution >= 4 is 11.6 Å². The molecule has 0 aliphatic carbocycles. The maximum absolute atomic E-state index is 13.6. The van der Waals surface area contributed by atoms with Crippen LogP contribution in [0, 0.1) is 11.6 Å². The lowest BCUT2D eigenvalue weighted by molar-refractivity contribution is -0.115. The number of anilines is 1. The molecule has 0 bridgehead atoms. The fourth-order valence-electron chi connectivity index (χ4n) is 2.21. The molecule has 0 heterocycles. The maximum Gasteiger partial charge on any atom is 0.228 e. The first kappa shape index (κ1) is 17.5. The normalized spacial score (nSPS) is 10.2. The van der Waals surface area contributed by atoms with Crippen LogP contribution in [0.15, 0.2) is 30.3 Å². The number of ether oxygens (including phenoxy) is 3. The Balaban J connectivity index is 2.19. The van der Waals surface area contributed by atoms with Gasteiger partial charge in [-0.05, 0) is 29.8 Å². The van der Waals surface area contributed by atoms with Crippen molar-refractivity contribution in [3.8, 4) is 17.2 Å². The standard InChI is InChI=1S/C17H17F2NO4/c1-22-14-6-10(7-15(23-2)17(14)24-3)8-16(21)20-13-5-4-11(18)9-12(13)19/h4-7,9H,8H2,1-3H3,(H,20,21). The summed E-state index contributed by atoms with van der Waals surface area (Å²) in [6.07, 6.45) is -0.0481. The molecule has 5 nitrogen and oxygen atoms in total. The zero-order valence-electron chi connectivity index (χ0n) is 13.5. The molecule has 0 saturated heterocycles. The highest BCUT2D eigenvalue weighted by Gasteiger charge is 2.15. The van der Waals surface area contributed by atoms with Crippen LogP contribution in [0.4, 0.5) is 14.5 Å². The van der Waals surface area contributed by atoms with E-state index < -0.39 is 17.5 Å². The smallest absolute Gasteiger partial charge is 0.228 e. The van der Waals surface area contributed by atoms with Gasteiger partial charge in [-0.25, -0.2) is 8.78 Å². The summed E-state index contributed by atoms with van der Waals surface area (Å²) in [6, 6.07) is 6.19. The van der Waals surface area contributed by atoms with Crippen molar-refractivity contribution in [3.63, 3.8) is 0 Å². The highest BCUT2D eigenvalue weighted by molar-refractivity contribution is 5.92. The molecule has 2 aromatic rings. The summed E-state index contributed by atoms with van der Waals surface area (Å²) >= 11 is 0. The second-order valence-electron chi connectivity index (χ2n) is 4.88. The largest absolute Gasteiger partial charge is 0.493 e. The zero-order chi connectivity index (χ0) is 17.7. The van der Waals surface area contributed by atoms with Gasteiger partial charge in [0.1, 0.15) is 11.6 Å². The molecular weight excluding hydrogens is 320 g/mol. The molecule has 0 aliphatic rings. The fourth-order valence-corrected chi connectivity index (χ4v) is 2.21. The molecule has 128 valence electrons. The van der Waals surface area contributed by atoms with Crippen LogP contribution in [0.1, 0.15) is 5.56 Å². The fraction of sp³-hybridized carbons (Fsp3) is 0.235. The number of benzene rings is 2. The van der Waals surface area contributed by atoms with E-state index in [4.69, 9.17) is 14.2 Å². The van der Waals surface area contributed by atoms with Gasteiger partial charge in [0.15, 0.2) is 11.5 Å². The van der Waals surface area contributed by atoms with Crippen LogP contribution >= 0.6 is 0 Å². The minimum atomic E-state index is -0.840. The van der Waals surface area contributed by atoms with Gasteiger partial charge in [-0.15, -0.1) is 0 Å². The molecular formula is C17H17F2NO4. The second kappa shape index (κ2) is 7.63. The molecule has 0 fully saturated rings. The van der Waals surface area contributed by atoms with Crippen LogP contribution in [0.3, 0.4) is 0 Å². The second-order valence-corrected chi connectivity index (χ2v) is 4.88. The molecule has 0 radical (unpaired) electrons. The predicted molar refractivity (Wildman–Crippen MR) is 84.8 cm³/mol. The number of amides is 1. The molecule has 0 unspecified atom stereocenters. The topological polar surface area (TPSA) is 56.8 Å². The van der Waals surface area contributed by atoms with Crippen molar-refractivity contribution in [1.82, 2.24) is 0 Å². The third-order valence-corrected chi connectivity index (χ3v) is 3.29. The first-order valence-electron chi connectivity index (χ1n) is 7.02. The Hall–Kier alpha value is -2.83.